The molecule has 0 atom stereocenters. The lowest BCUT2D eigenvalue weighted by molar-refractivity contribution is -0.113. The molecular weight excluding hydrogens is 382 g/mol. The maximum Gasteiger partial charge on any atom is 0.255 e. The smallest absolute Gasteiger partial charge is 0.255 e. The second-order valence-electron chi connectivity index (χ2n) is 5.73. The van der Waals surface area contributed by atoms with Crippen LogP contribution in [0.3, 0.4) is 0 Å². The van der Waals surface area contributed by atoms with Crippen LogP contribution < -0.4 is 15.4 Å². The number of carbonyl (C=O) groups is 2. The van der Waals surface area contributed by atoms with Gasteiger partial charge < -0.3 is 20.3 Å². The standard InChI is InChI=1S/C19H21N3O3S2/c1-22(2)19(26)27-12-17(23)20-14-10-8-13(9-11-14)18(24)21-15-6-4-5-7-16(15)25-3/h4-11H,12H2,1-3H3,(H,20,23)(H,21,24). The van der Waals surface area contributed by atoms with E-state index in [1.165, 1.54) is 11.8 Å². The van der Waals surface area contributed by atoms with Crippen molar-refractivity contribution in [2.75, 3.05) is 37.6 Å². The molecule has 27 heavy (non-hydrogen) atoms. The summed E-state index contributed by atoms with van der Waals surface area (Å²) in [6.45, 7) is 0. The van der Waals surface area contributed by atoms with Crippen LogP contribution in [-0.2, 0) is 4.79 Å². The lowest BCUT2D eigenvalue weighted by Crippen LogP contribution is -2.20. The molecule has 0 unspecified atom stereocenters. The summed E-state index contributed by atoms with van der Waals surface area (Å²) >= 11 is 6.43. The topological polar surface area (TPSA) is 70.7 Å². The molecular formula is C19H21N3O3S2. The Bertz CT molecular complexity index is 823. The highest BCUT2D eigenvalue weighted by Gasteiger charge is 2.10. The van der Waals surface area contributed by atoms with Gasteiger partial charge in [-0.3, -0.25) is 9.59 Å². The fourth-order valence-electron chi connectivity index (χ4n) is 2.10. The summed E-state index contributed by atoms with van der Waals surface area (Å²) in [5.74, 6) is 0.398. The first kappa shape index (κ1) is 20.7. The van der Waals surface area contributed by atoms with Crippen LogP contribution in [0.15, 0.2) is 48.5 Å². The number of para-hydroxylation sites is 2. The molecule has 2 amide bonds. The highest BCUT2D eigenvalue weighted by Crippen LogP contribution is 2.23. The Morgan fingerprint density at radius 1 is 1.07 bits per heavy atom. The van der Waals surface area contributed by atoms with E-state index in [4.69, 9.17) is 17.0 Å². The summed E-state index contributed by atoms with van der Waals surface area (Å²) in [5.41, 5.74) is 1.68. The summed E-state index contributed by atoms with van der Waals surface area (Å²) < 4.78 is 5.87. The number of methoxy groups -OCH3 is 1. The summed E-state index contributed by atoms with van der Waals surface area (Å²) in [6, 6.07) is 13.9. The first-order valence-corrected chi connectivity index (χ1v) is 9.48. The first-order valence-electron chi connectivity index (χ1n) is 8.09. The number of anilines is 2. The van der Waals surface area contributed by atoms with Crippen molar-refractivity contribution in [3.8, 4) is 5.75 Å². The molecule has 2 N–H and O–H groups in total. The molecule has 0 heterocycles. The Morgan fingerprint density at radius 2 is 1.74 bits per heavy atom. The molecule has 0 fully saturated rings. The van der Waals surface area contributed by atoms with Crippen molar-refractivity contribution < 1.29 is 14.3 Å². The van der Waals surface area contributed by atoms with E-state index in [1.807, 2.05) is 26.2 Å². The minimum absolute atomic E-state index is 0.157. The van der Waals surface area contributed by atoms with E-state index >= 15 is 0 Å². The van der Waals surface area contributed by atoms with Crippen LogP contribution in [0.1, 0.15) is 10.4 Å². The average molecular weight is 404 g/mol. The van der Waals surface area contributed by atoms with Gasteiger partial charge in [-0.25, -0.2) is 0 Å². The van der Waals surface area contributed by atoms with Crippen LogP contribution in [0.4, 0.5) is 11.4 Å². The minimum atomic E-state index is -0.260. The van der Waals surface area contributed by atoms with Crippen molar-refractivity contribution in [1.82, 2.24) is 4.90 Å². The Kier molecular flexibility index (Phi) is 7.63. The van der Waals surface area contributed by atoms with E-state index in [0.717, 1.165) is 0 Å². The summed E-state index contributed by atoms with van der Waals surface area (Å²) in [4.78, 5) is 26.1. The number of thioether (sulfide) groups is 1. The molecule has 0 aliphatic heterocycles. The zero-order valence-electron chi connectivity index (χ0n) is 15.3. The largest absolute Gasteiger partial charge is 0.495 e. The number of rotatable bonds is 6. The third-order valence-electron chi connectivity index (χ3n) is 3.48. The quantitative estimate of drug-likeness (QED) is 0.720. The zero-order chi connectivity index (χ0) is 19.8. The van der Waals surface area contributed by atoms with Crippen LogP contribution in [0.25, 0.3) is 0 Å². The molecule has 0 aliphatic carbocycles. The number of nitrogens with zero attached hydrogens (tertiary/aromatic N) is 1. The minimum Gasteiger partial charge on any atom is -0.495 e. The third kappa shape index (κ3) is 6.26. The van der Waals surface area contributed by atoms with E-state index in [1.54, 1.807) is 48.4 Å². The van der Waals surface area contributed by atoms with Crippen molar-refractivity contribution >= 4 is 51.5 Å². The molecule has 142 valence electrons. The normalized spacial score (nSPS) is 10.0. The molecule has 8 heteroatoms. The molecule has 0 aromatic heterocycles. The number of carbonyl (C=O) groups excluding carboxylic acids is 2. The summed E-state index contributed by atoms with van der Waals surface area (Å²) in [7, 11) is 5.22. The van der Waals surface area contributed by atoms with E-state index < -0.39 is 0 Å². The van der Waals surface area contributed by atoms with Crippen molar-refractivity contribution in [2.45, 2.75) is 0 Å². The second kappa shape index (κ2) is 9.94. The molecule has 6 nitrogen and oxygen atoms in total. The Balaban J connectivity index is 1.93. The number of hydrogen-bond donors (Lipinski definition) is 2. The Morgan fingerprint density at radius 3 is 2.37 bits per heavy atom. The first-order chi connectivity index (χ1) is 12.9. The molecule has 0 bridgehead atoms. The van der Waals surface area contributed by atoms with Crippen molar-refractivity contribution in [3.05, 3.63) is 54.1 Å². The number of thiocarbonyl (C=S) groups is 1. The summed E-state index contributed by atoms with van der Waals surface area (Å²) in [5, 5.41) is 5.59. The van der Waals surface area contributed by atoms with E-state index in [0.29, 0.717) is 27.0 Å². The fraction of sp³-hybridized carbons (Fsp3) is 0.211. The van der Waals surface area contributed by atoms with E-state index in [-0.39, 0.29) is 17.6 Å². The maximum absolute atomic E-state index is 12.4. The van der Waals surface area contributed by atoms with Crippen LogP contribution in [0, 0.1) is 0 Å². The third-order valence-corrected chi connectivity index (χ3v) is 5.22. The van der Waals surface area contributed by atoms with Gasteiger partial charge in [0.1, 0.15) is 10.1 Å². The second-order valence-corrected chi connectivity index (χ2v) is 7.34. The highest BCUT2D eigenvalue weighted by atomic mass is 32.2. The van der Waals surface area contributed by atoms with Gasteiger partial charge in [-0.05, 0) is 36.4 Å². The molecule has 0 aliphatic rings. The molecule has 2 aromatic rings. The van der Waals surface area contributed by atoms with Crippen LogP contribution in [-0.4, -0.2) is 48.0 Å². The molecule has 0 radical (unpaired) electrons. The summed E-state index contributed by atoms with van der Waals surface area (Å²) in [6.07, 6.45) is 0. The van der Waals surface area contributed by atoms with E-state index in [2.05, 4.69) is 10.6 Å². The van der Waals surface area contributed by atoms with Crippen LogP contribution >= 0.6 is 24.0 Å². The van der Waals surface area contributed by atoms with Crippen molar-refractivity contribution in [3.63, 3.8) is 0 Å². The van der Waals surface area contributed by atoms with Gasteiger partial charge >= 0.3 is 0 Å². The molecule has 0 saturated heterocycles. The number of nitrogens with one attached hydrogen (secondary N) is 2. The van der Waals surface area contributed by atoms with Gasteiger partial charge in [0.05, 0.1) is 18.6 Å². The lowest BCUT2D eigenvalue weighted by atomic mass is 10.2. The van der Waals surface area contributed by atoms with E-state index in [9.17, 15) is 9.59 Å². The average Bonchev–Trinajstić information content (AvgIpc) is 2.66. The van der Waals surface area contributed by atoms with Crippen LogP contribution in [0.5, 0.6) is 5.75 Å². The molecule has 2 rings (SSSR count). The predicted octanol–water partition coefficient (Wildman–Crippen LogP) is 3.47. The molecule has 2 aromatic carbocycles. The highest BCUT2D eigenvalue weighted by molar-refractivity contribution is 8.23. The van der Waals surface area contributed by atoms with Gasteiger partial charge in [0.2, 0.25) is 5.91 Å². The molecule has 0 saturated carbocycles. The lowest BCUT2D eigenvalue weighted by Gasteiger charge is -2.12. The predicted molar refractivity (Wildman–Crippen MR) is 115 cm³/mol. The van der Waals surface area contributed by atoms with Gasteiger partial charge in [0, 0.05) is 25.3 Å². The number of hydrogen-bond acceptors (Lipinski definition) is 5. The Hall–Kier alpha value is -2.58. The van der Waals surface area contributed by atoms with Gasteiger partial charge in [-0.15, -0.1) is 0 Å². The SMILES string of the molecule is COc1ccccc1NC(=O)c1ccc(NC(=O)CSC(=S)N(C)C)cc1. The van der Waals surface area contributed by atoms with Crippen LogP contribution in [0.2, 0.25) is 0 Å². The molecule has 0 spiro atoms. The van der Waals surface area contributed by atoms with Crippen molar-refractivity contribution in [2.24, 2.45) is 0 Å². The van der Waals surface area contributed by atoms with Crippen molar-refractivity contribution in [1.29, 1.82) is 0 Å². The van der Waals surface area contributed by atoms with Gasteiger partial charge in [-0.1, -0.05) is 36.1 Å². The zero-order valence-corrected chi connectivity index (χ0v) is 16.9. The number of ether oxygens (including phenoxy) is 1. The number of amides is 2. The van der Waals surface area contributed by atoms with Gasteiger partial charge in [-0.2, -0.15) is 0 Å². The Labute approximate surface area is 168 Å². The van der Waals surface area contributed by atoms with Gasteiger partial charge in [0.15, 0.2) is 0 Å². The number of benzene rings is 2. The van der Waals surface area contributed by atoms with Gasteiger partial charge in [0.25, 0.3) is 5.91 Å². The maximum atomic E-state index is 12.4. The fourth-order valence-corrected chi connectivity index (χ4v) is 2.86. The monoisotopic (exact) mass is 403 g/mol.